The maximum atomic E-state index is 4.44. The normalized spacial score (nSPS) is 12.6. The van der Waals surface area contributed by atoms with Crippen LogP contribution in [-0.4, -0.2) is 25.5 Å². The molecule has 0 saturated heterocycles. The first-order valence-corrected chi connectivity index (χ1v) is 6.73. The highest BCUT2D eigenvalue weighted by atomic mass is 14.8. The first kappa shape index (κ1) is 14.2. The predicted molar refractivity (Wildman–Crippen MR) is 87.3 cm³/mol. The van der Waals surface area contributed by atoms with Crippen LogP contribution in [0.4, 0.5) is 0 Å². The zero-order valence-corrected chi connectivity index (χ0v) is 12.5. The molecule has 2 heteroatoms. The fourth-order valence-electron chi connectivity index (χ4n) is 2.17. The Labute approximate surface area is 120 Å². The van der Waals surface area contributed by atoms with Crippen LogP contribution in [0.3, 0.4) is 0 Å². The highest BCUT2D eigenvalue weighted by Crippen LogP contribution is 2.12. The monoisotopic (exact) mass is 264 g/mol. The van der Waals surface area contributed by atoms with Gasteiger partial charge in [0.05, 0.1) is 11.4 Å². The first-order chi connectivity index (χ1) is 9.65. The van der Waals surface area contributed by atoms with Crippen molar-refractivity contribution in [2.45, 2.75) is 13.8 Å². The Morgan fingerprint density at radius 1 is 0.600 bits per heavy atom. The lowest BCUT2D eigenvalue weighted by Gasteiger charge is -2.10. The molecule has 0 unspecified atom stereocenters. The molecule has 0 aromatic heterocycles. The molecule has 0 atom stereocenters. The fraction of sp³-hybridized carbons (Fsp3) is 0.222. The second-order valence-electron chi connectivity index (χ2n) is 4.88. The minimum absolute atomic E-state index is 0.927. The number of rotatable bonds is 3. The maximum absolute atomic E-state index is 4.44. The molecule has 0 fully saturated rings. The summed E-state index contributed by atoms with van der Waals surface area (Å²) >= 11 is 0. The van der Waals surface area contributed by atoms with Crippen molar-refractivity contribution in [3.63, 3.8) is 0 Å². The van der Waals surface area contributed by atoms with Gasteiger partial charge in [-0.3, -0.25) is 9.98 Å². The number of benzene rings is 2. The van der Waals surface area contributed by atoms with E-state index in [1.165, 1.54) is 11.1 Å². The van der Waals surface area contributed by atoms with Gasteiger partial charge in [0.15, 0.2) is 0 Å². The van der Waals surface area contributed by atoms with Crippen molar-refractivity contribution >= 4 is 11.4 Å². The number of aryl methyl sites for hydroxylation is 2. The molecule has 0 bridgehead atoms. The van der Waals surface area contributed by atoms with Gasteiger partial charge in [-0.05, 0) is 13.8 Å². The largest absolute Gasteiger partial charge is 0.286 e. The molecule has 0 spiro atoms. The molecule has 0 aliphatic heterocycles. The van der Waals surface area contributed by atoms with Crippen molar-refractivity contribution in [1.82, 2.24) is 0 Å². The Morgan fingerprint density at radius 3 is 1.15 bits per heavy atom. The highest BCUT2D eigenvalue weighted by molar-refractivity contribution is 6.53. The van der Waals surface area contributed by atoms with Crippen LogP contribution in [0.5, 0.6) is 0 Å². The zero-order valence-electron chi connectivity index (χ0n) is 12.5. The van der Waals surface area contributed by atoms with Gasteiger partial charge in [-0.1, -0.05) is 59.7 Å². The molecule has 20 heavy (non-hydrogen) atoms. The predicted octanol–water partition coefficient (Wildman–Crippen LogP) is 3.84. The van der Waals surface area contributed by atoms with Crippen LogP contribution >= 0.6 is 0 Å². The topological polar surface area (TPSA) is 24.7 Å². The summed E-state index contributed by atoms with van der Waals surface area (Å²) in [5, 5.41) is 0. The van der Waals surface area contributed by atoms with Gasteiger partial charge in [-0.25, -0.2) is 0 Å². The van der Waals surface area contributed by atoms with Crippen molar-refractivity contribution in [3.8, 4) is 0 Å². The van der Waals surface area contributed by atoms with E-state index in [2.05, 4.69) is 72.4 Å². The van der Waals surface area contributed by atoms with Gasteiger partial charge in [-0.2, -0.15) is 0 Å². The second-order valence-corrected chi connectivity index (χ2v) is 4.88. The third-order valence-corrected chi connectivity index (χ3v) is 3.32. The molecule has 2 aromatic rings. The molecule has 0 heterocycles. The molecule has 0 amide bonds. The van der Waals surface area contributed by atoms with E-state index in [0.717, 1.165) is 22.6 Å². The summed E-state index contributed by atoms with van der Waals surface area (Å²) in [6, 6.07) is 16.8. The molecule has 0 saturated carbocycles. The van der Waals surface area contributed by atoms with E-state index < -0.39 is 0 Å². The van der Waals surface area contributed by atoms with Crippen LogP contribution in [0.2, 0.25) is 0 Å². The lowest BCUT2D eigenvalue weighted by molar-refractivity contribution is 1.39. The molecule has 0 radical (unpaired) electrons. The van der Waals surface area contributed by atoms with Crippen LogP contribution < -0.4 is 0 Å². The van der Waals surface area contributed by atoms with Crippen molar-refractivity contribution in [1.29, 1.82) is 0 Å². The molecular weight excluding hydrogens is 244 g/mol. The summed E-state index contributed by atoms with van der Waals surface area (Å²) in [4.78, 5) is 8.89. The average molecular weight is 264 g/mol. The SMILES string of the molecule is CN=C(C(=NC)c1ccc(C)cc1)c1ccc(C)cc1. The Hall–Kier alpha value is -2.22. The van der Waals surface area contributed by atoms with Crippen LogP contribution in [0, 0.1) is 13.8 Å². The molecule has 0 N–H and O–H groups in total. The smallest absolute Gasteiger partial charge is 0.0901 e. The minimum atomic E-state index is 0.927. The molecule has 102 valence electrons. The van der Waals surface area contributed by atoms with Gasteiger partial charge in [0.2, 0.25) is 0 Å². The van der Waals surface area contributed by atoms with Crippen LogP contribution in [0.25, 0.3) is 0 Å². The van der Waals surface area contributed by atoms with E-state index >= 15 is 0 Å². The quantitative estimate of drug-likeness (QED) is 0.752. The third kappa shape index (κ3) is 3.02. The number of hydrogen-bond donors (Lipinski definition) is 0. The van der Waals surface area contributed by atoms with Crippen LogP contribution in [0.15, 0.2) is 58.5 Å². The van der Waals surface area contributed by atoms with Crippen molar-refractivity contribution < 1.29 is 0 Å². The first-order valence-electron chi connectivity index (χ1n) is 6.73. The van der Waals surface area contributed by atoms with Crippen molar-refractivity contribution in [2.75, 3.05) is 14.1 Å². The van der Waals surface area contributed by atoms with Crippen LogP contribution in [-0.2, 0) is 0 Å². The van der Waals surface area contributed by atoms with E-state index in [1.807, 2.05) is 14.1 Å². The van der Waals surface area contributed by atoms with Crippen molar-refractivity contribution in [3.05, 3.63) is 70.8 Å². The summed E-state index contributed by atoms with van der Waals surface area (Å²) in [7, 11) is 3.63. The Bertz CT molecular complexity index is 573. The van der Waals surface area contributed by atoms with Gasteiger partial charge in [0.25, 0.3) is 0 Å². The second kappa shape index (κ2) is 6.29. The number of nitrogens with zero attached hydrogens (tertiary/aromatic N) is 2. The summed E-state index contributed by atoms with van der Waals surface area (Å²) in [6.07, 6.45) is 0. The molecule has 2 aromatic carbocycles. The average Bonchev–Trinajstić information content (AvgIpc) is 2.47. The van der Waals surface area contributed by atoms with Crippen molar-refractivity contribution in [2.24, 2.45) is 9.98 Å². The highest BCUT2D eigenvalue weighted by Gasteiger charge is 2.12. The lowest BCUT2D eigenvalue weighted by atomic mass is 9.98. The van der Waals surface area contributed by atoms with Gasteiger partial charge >= 0.3 is 0 Å². The van der Waals surface area contributed by atoms with E-state index in [9.17, 15) is 0 Å². The Kier molecular flexibility index (Phi) is 4.46. The van der Waals surface area contributed by atoms with Gasteiger partial charge in [0.1, 0.15) is 0 Å². The van der Waals surface area contributed by atoms with Gasteiger partial charge in [0, 0.05) is 25.2 Å². The summed E-state index contributed by atoms with van der Waals surface area (Å²) in [5.74, 6) is 0. The van der Waals surface area contributed by atoms with Gasteiger partial charge in [-0.15, -0.1) is 0 Å². The van der Waals surface area contributed by atoms with Gasteiger partial charge < -0.3 is 0 Å². The fourth-order valence-corrected chi connectivity index (χ4v) is 2.17. The summed E-state index contributed by atoms with van der Waals surface area (Å²) in [6.45, 7) is 4.17. The molecule has 0 aliphatic rings. The third-order valence-electron chi connectivity index (χ3n) is 3.32. The Morgan fingerprint density at radius 2 is 0.900 bits per heavy atom. The Balaban J connectivity index is 2.44. The van der Waals surface area contributed by atoms with Crippen LogP contribution in [0.1, 0.15) is 22.3 Å². The zero-order chi connectivity index (χ0) is 14.5. The standard InChI is InChI=1S/C18H20N2/c1-13-5-9-15(10-6-13)17(19-3)18(20-4)16-11-7-14(2)8-12-16/h5-12H,1-4H3. The minimum Gasteiger partial charge on any atom is -0.286 e. The number of aliphatic imine (C=N–C) groups is 2. The summed E-state index contributed by atoms with van der Waals surface area (Å²) < 4.78 is 0. The van der Waals surface area contributed by atoms with E-state index in [1.54, 1.807) is 0 Å². The maximum Gasteiger partial charge on any atom is 0.0901 e. The van der Waals surface area contributed by atoms with E-state index in [4.69, 9.17) is 0 Å². The number of hydrogen-bond acceptors (Lipinski definition) is 2. The summed E-state index contributed by atoms with van der Waals surface area (Å²) in [5.41, 5.74) is 6.54. The molecule has 0 aliphatic carbocycles. The molecular formula is C18H20N2. The molecule has 2 nitrogen and oxygen atoms in total. The van der Waals surface area contributed by atoms with E-state index in [-0.39, 0.29) is 0 Å². The van der Waals surface area contributed by atoms with E-state index in [0.29, 0.717) is 0 Å². The molecule has 2 rings (SSSR count). The lowest BCUT2D eigenvalue weighted by Crippen LogP contribution is -2.17.